The number of phenolic OH excluding ortho intramolecular Hbond substituents is 1. The highest BCUT2D eigenvalue weighted by atomic mass is 79.9. The number of allylic oxidation sites excluding steroid dienone is 2. The van der Waals surface area contributed by atoms with E-state index in [4.69, 9.17) is 0 Å². The van der Waals surface area contributed by atoms with Gasteiger partial charge >= 0.3 is 5.69 Å². The lowest BCUT2D eigenvalue weighted by molar-refractivity contribution is 0.0966. The highest BCUT2D eigenvalue weighted by molar-refractivity contribution is 9.10. The average Bonchev–Trinajstić information content (AvgIpc) is 2.98. The number of benzene rings is 1. The van der Waals surface area contributed by atoms with Crippen LogP contribution < -0.4 is 11.2 Å². The number of para-hydroxylation sites is 1. The van der Waals surface area contributed by atoms with E-state index in [-0.39, 0.29) is 22.5 Å². The molecule has 0 radical (unpaired) electrons. The molecule has 28 heavy (non-hydrogen) atoms. The van der Waals surface area contributed by atoms with Crippen LogP contribution in [0.3, 0.4) is 0 Å². The van der Waals surface area contributed by atoms with E-state index in [2.05, 4.69) is 20.9 Å². The van der Waals surface area contributed by atoms with Crippen molar-refractivity contribution in [2.75, 3.05) is 0 Å². The summed E-state index contributed by atoms with van der Waals surface area (Å²) in [5.41, 5.74) is 0.305. The monoisotopic (exact) mass is 446 g/mol. The van der Waals surface area contributed by atoms with Crippen LogP contribution in [-0.2, 0) is 20.1 Å². The molecule has 0 saturated heterocycles. The van der Waals surface area contributed by atoms with E-state index in [1.165, 1.54) is 23.7 Å². The zero-order valence-corrected chi connectivity index (χ0v) is 17.2. The fourth-order valence-corrected chi connectivity index (χ4v) is 3.35. The molecule has 2 aromatic heterocycles. The molecule has 0 atom stereocenters. The number of hydrogen-bond donors (Lipinski definition) is 1. The summed E-state index contributed by atoms with van der Waals surface area (Å²) in [4.78, 5) is 42.6. The average molecular weight is 447 g/mol. The Hall–Kier alpha value is -2.94. The Balaban J connectivity index is 2.18. The summed E-state index contributed by atoms with van der Waals surface area (Å²) in [6, 6.07) is 6.01. The van der Waals surface area contributed by atoms with Gasteiger partial charge in [-0.25, -0.2) is 9.78 Å². The van der Waals surface area contributed by atoms with Crippen molar-refractivity contribution in [2.45, 2.75) is 26.9 Å². The number of ketones is 1. The number of phenols is 1. The number of Topliss-reactive ketones (excluding diaryl/α,β-unsaturated/α-hetero) is 1. The third kappa shape index (κ3) is 3.45. The molecule has 2 heterocycles. The lowest BCUT2D eigenvalue weighted by Gasteiger charge is -2.09. The molecule has 0 bridgehead atoms. The normalized spacial score (nSPS) is 11.0. The summed E-state index contributed by atoms with van der Waals surface area (Å²) in [6.45, 7) is 3.78. The first-order valence-corrected chi connectivity index (χ1v) is 9.31. The van der Waals surface area contributed by atoms with Crippen LogP contribution in [-0.4, -0.2) is 29.6 Å². The summed E-state index contributed by atoms with van der Waals surface area (Å²) in [5, 5.41) is 9.87. The number of aromatic hydroxyl groups is 1. The van der Waals surface area contributed by atoms with Gasteiger partial charge in [-0.3, -0.25) is 18.7 Å². The molecule has 1 aromatic carbocycles. The topological polar surface area (TPSA) is 99.1 Å². The zero-order valence-electron chi connectivity index (χ0n) is 15.6. The maximum Gasteiger partial charge on any atom is 0.332 e. The number of aryl methyl sites for hydroxylation is 1. The van der Waals surface area contributed by atoms with Crippen molar-refractivity contribution in [3.05, 3.63) is 67.0 Å². The maximum atomic E-state index is 13.1. The van der Waals surface area contributed by atoms with Crippen molar-refractivity contribution in [1.82, 2.24) is 18.7 Å². The third-order valence-electron chi connectivity index (χ3n) is 4.37. The van der Waals surface area contributed by atoms with Gasteiger partial charge in [-0.1, -0.05) is 23.8 Å². The molecule has 8 nitrogen and oxygen atoms in total. The molecule has 0 unspecified atom stereocenters. The van der Waals surface area contributed by atoms with Gasteiger partial charge in [-0.05, 0) is 41.9 Å². The second-order valence-corrected chi connectivity index (χ2v) is 7.33. The Morgan fingerprint density at radius 1 is 1.21 bits per heavy atom. The molecule has 0 aliphatic rings. The molecule has 0 spiro atoms. The van der Waals surface area contributed by atoms with Crippen LogP contribution in [0.2, 0.25) is 0 Å². The van der Waals surface area contributed by atoms with Gasteiger partial charge in [0.1, 0.15) is 5.75 Å². The van der Waals surface area contributed by atoms with Gasteiger partial charge in [-0.15, -0.1) is 0 Å². The lowest BCUT2D eigenvalue weighted by atomic mass is 10.1. The van der Waals surface area contributed by atoms with Crippen LogP contribution >= 0.6 is 15.9 Å². The lowest BCUT2D eigenvalue weighted by Crippen LogP contribution is -2.41. The van der Waals surface area contributed by atoms with E-state index in [1.807, 2.05) is 19.9 Å². The number of nitrogens with zero attached hydrogens (tertiary/aromatic N) is 4. The van der Waals surface area contributed by atoms with Gasteiger partial charge in [0.25, 0.3) is 5.56 Å². The van der Waals surface area contributed by atoms with Crippen molar-refractivity contribution >= 4 is 32.9 Å². The van der Waals surface area contributed by atoms with Crippen LogP contribution in [0.25, 0.3) is 11.2 Å². The van der Waals surface area contributed by atoms with Gasteiger partial charge in [0, 0.05) is 13.6 Å². The third-order valence-corrected chi connectivity index (χ3v) is 4.98. The maximum absolute atomic E-state index is 13.1. The molecular weight excluding hydrogens is 428 g/mol. The van der Waals surface area contributed by atoms with Crippen LogP contribution in [0.1, 0.15) is 24.2 Å². The number of aromatic nitrogens is 4. The summed E-state index contributed by atoms with van der Waals surface area (Å²) in [7, 11) is 1.50. The van der Waals surface area contributed by atoms with Crippen LogP contribution in [0.5, 0.6) is 5.75 Å². The molecule has 0 aliphatic heterocycles. The second-order valence-electron chi connectivity index (χ2n) is 6.62. The Labute approximate surface area is 168 Å². The van der Waals surface area contributed by atoms with Crippen molar-refractivity contribution in [3.8, 4) is 5.75 Å². The summed E-state index contributed by atoms with van der Waals surface area (Å²) in [6.07, 6.45) is 1.92. The predicted octanol–water partition coefficient (Wildman–Crippen LogP) is 2.21. The van der Waals surface area contributed by atoms with E-state index in [9.17, 15) is 19.5 Å². The zero-order chi connectivity index (χ0) is 20.6. The van der Waals surface area contributed by atoms with Gasteiger partial charge < -0.3 is 9.67 Å². The Bertz CT molecular complexity index is 1230. The first-order valence-electron chi connectivity index (χ1n) is 8.52. The number of carbonyl (C=O) groups excluding carboxylic acids is 1. The SMILES string of the molecule is CC(C)=CCn1c(Br)nc2c1c(=O)n(CC(=O)c1ccccc1O)c(=O)n2C. The largest absolute Gasteiger partial charge is 0.507 e. The summed E-state index contributed by atoms with van der Waals surface area (Å²) < 4.78 is 4.16. The molecule has 146 valence electrons. The number of imidazole rings is 1. The molecule has 3 rings (SSSR count). The number of fused-ring (bicyclic) bond motifs is 1. The molecule has 1 N–H and O–H groups in total. The quantitative estimate of drug-likeness (QED) is 0.368. The Morgan fingerprint density at radius 2 is 1.89 bits per heavy atom. The fraction of sp³-hybridized carbons (Fsp3) is 0.263. The van der Waals surface area contributed by atoms with Crippen molar-refractivity contribution in [2.24, 2.45) is 7.05 Å². The van der Waals surface area contributed by atoms with Gasteiger partial charge in [-0.2, -0.15) is 0 Å². The minimum atomic E-state index is -0.652. The first-order chi connectivity index (χ1) is 13.2. The minimum absolute atomic E-state index is 0.0516. The van der Waals surface area contributed by atoms with Crippen LogP contribution in [0, 0.1) is 0 Å². The standard InChI is InChI=1S/C19H19BrN4O4/c1-11(2)8-9-23-15-16(21-18(23)20)22(3)19(28)24(17(15)27)10-14(26)12-6-4-5-7-13(12)25/h4-8,25H,9-10H2,1-3H3. The minimum Gasteiger partial charge on any atom is -0.507 e. The molecule has 0 aliphatic carbocycles. The predicted molar refractivity (Wildman–Crippen MR) is 109 cm³/mol. The van der Waals surface area contributed by atoms with Crippen molar-refractivity contribution in [1.29, 1.82) is 0 Å². The fourth-order valence-electron chi connectivity index (χ4n) is 2.86. The highest BCUT2D eigenvalue weighted by Gasteiger charge is 2.21. The van der Waals surface area contributed by atoms with Crippen molar-refractivity contribution in [3.63, 3.8) is 0 Å². The smallest absolute Gasteiger partial charge is 0.332 e. The number of carbonyl (C=O) groups is 1. The van der Waals surface area contributed by atoms with Gasteiger partial charge in [0.2, 0.25) is 0 Å². The van der Waals surface area contributed by atoms with E-state index < -0.39 is 23.6 Å². The Morgan fingerprint density at radius 3 is 2.54 bits per heavy atom. The number of rotatable bonds is 5. The van der Waals surface area contributed by atoms with E-state index >= 15 is 0 Å². The molecule has 9 heteroatoms. The van der Waals surface area contributed by atoms with Crippen molar-refractivity contribution < 1.29 is 9.90 Å². The van der Waals surface area contributed by atoms with E-state index in [0.717, 1.165) is 10.1 Å². The highest BCUT2D eigenvalue weighted by Crippen LogP contribution is 2.18. The second kappa shape index (κ2) is 7.59. The van der Waals surface area contributed by atoms with E-state index in [0.29, 0.717) is 11.3 Å². The molecular formula is C19H19BrN4O4. The molecule has 0 saturated carbocycles. The van der Waals surface area contributed by atoms with Gasteiger partial charge in [0.15, 0.2) is 21.7 Å². The van der Waals surface area contributed by atoms with Crippen LogP contribution in [0.15, 0.2) is 50.2 Å². The molecule has 0 amide bonds. The molecule has 0 fully saturated rings. The molecule has 3 aromatic rings. The first kappa shape index (κ1) is 19.8. The number of hydrogen-bond acceptors (Lipinski definition) is 5. The Kier molecular flexibility index (Phi) is 5.37. The van der Waals surface area contributed by atoms with Crippen LogP contribution in [0.4, 0.5) is 0 Å². The van der Waals surface area contributed by atoms with Gasteiger partial charge in [0.05, 0.1) is 12.1 Å². The summed E-state index contributed by atoms with van der Waals surface area (Å²) in [5.74, 6) is -0.735. The number of halogens is 1. The van der Waals surface area contributed by atoms with E-state index in [1.54, 1.807) is 16.7 Å². The summed E-state index contributed by atoms with van der Waals surface area (Å²) >= 11 is 3.33.